The fourth-order valence-electron chi connectivity index (χ4n) is 0.876. The Morgan fingerprint density at radius 2 is 2.00 bits per heavy atom. The predicted molar refractivity (Wildman–Crippen MR) is 39.0 cm³/mol. The van der Waals surface area contributed by atoms with E-state index in [-0.39, 0.29) is 10.6 Å². The molecule has 2 atom stereocenters. The molecule has 0 spiro atoms. The summed E-state index contributed by atoms with van der Waals surface area (Å²) in [5.41, 5.74) is -0.369. The standard InChI is InChI=1S/C7H7ClO4/c8-4-2-1-3(7(11)12)5(9)6(4)10/h1-2,5-6,9-10H,(H,11,12)/p-1/t5-,6-/m1/s1. The summed E-state index contributed by atoms with van der Waals surface area (Å²) in [4.78, 5) is 10.3. The van der Waals surface area contributed by atoms with Crippen LogP contribution in [0, 0.1) is 0 Å². The SMILES string of the molecule is O=C([O-])C1=CC=C(Cl)[C@@H](O)[C@@H]1O. The van der Waals surface area contributed by atoms with Gasteiger partial charge in [0.2, 0.25) is 0 Å². The van der Waals surface area contributed by atoms with Gasteiger partial charge in [0.15, 0.2) is 0 Å². The first-order valence-electron chi connectivity index (χ1n) is 3.18. The smallest absolute Gasteiger partial charge is 0.120 e. The van der Waals surface area contributed by atoms with Crippen LogP contribution in [0.15, 0.2) is 22.8 Å². The van der Waals surface area contributed by atoms with Gasteiger partial charge in [0.1, 0.15) is 12.2 Å². The summed E-state index contributed by atoms with van der Waals surface area (Å²) in [7, 11) is 0. The summed E-state index contributed by atoms with van der Waals surface area (Å²) >= 11 is 5.43. The molecule has 0 radical (unpaired) electrons. The van der Waals surface area contributed by atoms with Crippen molar-refractivity contribution in [3.63, 3.8) is 0 Å². The monoisotopic (exact) mass is 189 g/mol. The molecule has 12 heavy (non-hydrogen) atoms. The molecule has 0 saturated heterocycles. The van der Waals surface area contributed by atoms with Crippen LogP contribution in [0.4, 0.5) is 0 Å². The molecule has 1 aliphatic rings. The second-order valence-corrected chi connectivity index (χ2v) is 2.79. The first-order valence-corrected chi connectivity index (χ1v) is 3.56. The maximum atomic E-state index is 10.3. The van der Waals surface area contributed by atoms with Crippen molar-refractivity contribution in [2.24, 2.45) is 0 Å². The second kappa shape index (κ2) is 3.26. The molecule has 0 aromatic heterocycles. The number of halogens is 1. The third kappa shape index (κ3) is 1.50. The number of rotatable bonds is 1. The Labute approximate surface area is 73.4 Å². The molecule has 0 aromatic rings. The third-order valence-electron chi connectivity index (χ3n) is 1.56. The van der Waals surface area contributed by atoms with E-state index in [2.05, 4.69) is 0 Å². The molecular weight excluding hydrogens is 184 g/mol. The molecule has 5 heteroatoms. The van der Waals surface area contributed by atoms with Gasteiger partial charge in [-0.2, -0.15) is 0 Å². The lowest BCUT2D eigenvalue weighted by molar-refractivity contribution is -0.300. The maximum absolute atomic E-state index is 10.3. The summed E-state index contributed by atoms with van der Waals surface area (Å²) in [5.74, 6) is -1.51. The van der Waals surface area contributed by atoms with Gasteiger partial charge in [-0.3, -0.25) is 0 Å². The minimum atomic E-state index is -1.51. The molecule has 0 aromatic carbocycles. The van der Waals surface area contributed by atoms with E-state index in [4.69, 9.17) is 21.8 Å². The normalized spacial score (nSPS) is 29.2. The number of carboxylic acids is 1. The van der Waals surface area contributed by atoms with Crippen LogP contribution >= 0.6 is 11.6 Å². The molecule has 2 N–H and O–H groups in total. The Morgan fingerprint density at radius 3 is 2.50 bits per heavy atom. The number of carbonyl (C=O) groups excluding carboxylic acids is 1. The van der Waals surface area contributed by atoms with Crippen LogP contribution in [0.1, 0.15) is 0 Å². The number of allylic oxidation sites excluding steroid dienone is 2. The Kier molecular flexibility index (Phi) is 2.52. The van der Waals surface area contributed by atoms with Crippen molar-refractivity contribution in [1.82, 2.24) is 0 Å². The largest absolute Gasteiger partial charge is 0.545 e. The fourth-order valence-corrected chi connectivity index (χ4v) is 1.06. The first kappa shape index (κ1) is 9.25. The highest BCUT2D eigenvalue weighted by Crippen LogP contribution is 2.21. The van der Waals surface area contributed by atoms with E-state index in [0.717, 1.165) is 6.08 Å². The van der Waals surface area contributed by atoms with Gasteiger partial charge in [-0.1, -0.05) is 17.7 Å². The van der Waals surface area contributed by atoms with Crippen molar-refractivity contribution in [2.45, 2.75) is 12.2 Å². The molecular formula is C7H6ClO4-. The van der Waals surface area contributed by atoms with E-state index < -0.39 is 18.2 Å². The summed E-state index contributed by atoms with van der Waals surface area (Å²) in [6, 6.07) is 0. The Hall–Kier alpha value is -0.840. The van der Waals surface area contributed by atoms with Gasteiger partial charge >= 0.3 is 0 Å². The van der Waals surface area contributed by atoms with Crippen molar-refractivity contribution in [3.05, 3.63) is 22.8 Å². The molecule has 4 nitrogen and oxygen atoms in total. The summed E-state index contributed by atoms with van der Waals surface area (Å²) in [6.07, 6.45) is -0.559. The van der Waals surface area contributed by atoms with Crippen LogP contribution in [0.2, 0.25) is 0 Å². The van der Waals surface area contributed by atoms with Crippen LogP contribution in [-0.4, -0.2) is 28.4 Å². The average Bonchev–Trinajstić information content (AvgIpc) is 2.00. The predicted octanol–water partition coefficient (Wildman–Crippen LogP) is -1.48. The molecule has 66 valence electrons. The van der Waals surface area contributed by atoms with Crippen LogP contribution in [-0.2, 0) is 4.79 Å². The lowest BCUT2D eigenvalue weighted by Gasteiger charge is -2.23. The molecule has 0 amide bonds. The summed E-state index contributed by atoms with van der Waals surface area (Å²) < 4.78 is 0. The zero-order valence-corrected chi connectivity index (χ0v) is 6.65. The van der Waals surface area contributed by atoms with E-state index in [0.29, 0.717) is 0 Å². The Bertz CT molecular complexity index is 269. The molecule has 0 bridgehead atoms. The van der Waals surface area contributed by atoms with Crippen molar-refractivity contribution in [3.8, 4) is 0 Å². The zero-order chi connectivity index (χ0) is 9.30. The molecule has 0 fully saturated rings. The summed E-state index contributed by atoms with van der Waals surface area (Å²) in [5, 5.41) is 28.5. The maximum Gasteiger partial charge on any atom is 0.120 e. The van der Waals surface area contributed by atoms with Gasteiger partial charge in [-0.15, -0.1) is 0 Å². The number of carbonyl (C=O) groups is 1. The highest BCUT2D eigenvalue weighted by molar-refractivity contribution is 6.30. The van der Waals surface area contributed by atoms with Crippen molar-refractivity contribution < 1.29 is 20.1 Å². The van der Waals surface area contributed by atoms with Crippen LogP contribution in [0.5, 0.6) is 0 Å². The van der Waals surface area contributed by atoms with Gasteiger partial charge in [0, 0.05) is 10.6 Å². The van der Waals surface area contributed by atoms with E-state index in [1.54, 1.807) is 0 Å². The molecule has 0 saturated carbocycles. The minimum absolute atomic E-state index is 0.00694. The number of aliphatic hydroxyl groups excluding tert-OH is 2. The number of aliphatic carboxylic acids is 1. The molecule has 0 unspecified atom stereocenters. The molecule has 1 rings (SSSR count). The van der Waals surface area contributed by atoms with E-state index in [9.17, 15) is 9.90 Å². The highest BCUT2D eigenvalue weighted by atomic mass is 35.5. The van der Waals surface area contributed by atoms with E-state index in [1.165, 1.54) is 6.08 Å². The summed E-state index contributed by atoms with van der Waals surface area (Å²) in [6.45, 7) is 0. The lowest BCUT2D eigenvalue weighted by Crippen LogP contribution is -2.38. The van der Waals surface area contributed by atoms with E-state index >= 15 is 0 Å². The Morgan fingerprint density at radius 1 is 1.42 bits per heavy atom. The van der Waals surface area contributed by atoms with Gasteiger partial charge in [0.05, 0.1) is 5.97 Å². The van der Waals surface area contributed by atoms with E-state index in [1.807, 2.05) is 0 Å². The quantitative estimate of drug-likeness (QED) is 0.527. The van der Waals surface area contributed by atoms with Gasteiger partial charge in [0.25, 0.3) is 0 Å². The van der Waals surface area contributed by atoms with Crippen LogP contribution < -0.4 is 5.11 Å². The van der Waals surface area contributed by atoms with Gasteiger partial charge in [-0.05, 0) is 6.08 Å². The molecule has 1 aliphatic carbocycles. The topological polar surface area (TPSA) is 80.6 Å². The van der Waals surface area contributed by atoms with Crippen LogP contribution in [0.25, 0.3) is 0 Å². The zero-order valence-electron chi connectivity index (χ0n) is 5.90. The van der Waals surface area contributed by atoms with Gasteiger partial charge in [-0.25, -0.2) is 0 Å². The molecule has 0 heterocycles. The number of carboxylic acid groups (broad SMARTS) is 1. The Balaban J connectivity index is 2.97. The first-order chi connectivity index (χ1) is 5.54. The lowest BCUT2D eigenvalue weighted by atomic mass is 9.99. The van der Waals surface area contributed by atoms with Crippen LogP contribution in [0.3, 0.4) is 0 Å². The third-order valence-corrected chi connectivity index (χ3v) is 1.91. The van der Waals surface area contributed by atoms with Gasteiger partial charge < -0.3 is 20.1 Å². The fraction of sp³-hybridized carbons (Fsp3) is 0.286. The minimum Gasteiger partial charge on any atom is -0.545 e. The number of hydrogen-bond acceptors (Lipinski definition) is 4. The van der Waals surface area contributed by atoms with Crippen molar-refractivity contribution >= 4 is 17.6 Å². The molecule has 0 aliphatic heterocycles. The number of hydrogen-bond donors (Lipinski definition) is 2. The van der Waals surface area contributed by atoms with Crippen molar-refractivity contribution in [1.29, 1.82) is 0 Å². The second-order valence-electron chi connectivity index (χ2n) is 2.35. The number of aliphatic hydroxyl groups is 2. The highest BCUT2D eigenvalue weighted by Gasteiger charge is 2.26. The average molecular weight is 190 g/mol. The van der Waals surface area contributed by atoms with Crippen molar-refractivity contribution in [2.75, 3.05) is 0 Å².